The maximum absolute atomic E-state index is 12.6. The first-order valence-corrected chi connectivity index (χ1v) is 11.0. The number of benzene rings is 2. The molecule has 7 nitrogen and oxygen atoms in total. The van der Waals surface area contributed by atoms with Gasteiger partial charge in [-0.15, -0.1) is 0 Å². The van der Waals surface area contributed by atoms with E-state index in [1.807, 2.05) is 31.2 Å². The Labute approximate surface area is 171 Å². The number of amides is 1. The average Bonchev–Trinajstić information content (AvgIpc) is 3.02. The van der Waals surface area contributed by atoms with E-state index in [-0.39, 0.29) is 10.8 Å². The van der Waals surface area contributed by atoms with Crippen molar-refractivity contribution >= 4 is 27.0 Å². The second kappa shape index (κ2) is 8.34. The number of carbonyl (C=O) groups is 1. The van der Waals surface area contributed by atoms with Gasteiger partial charge in [0.15, 0.2) is 0 Å². The van der Waals surface area contributed by atoms with Crippen molar-refractivity contribution in [1.82, 2.24) is 19.6 Å². The van der Waals surface area contributed by atoms with Gasteiger partial charge in [0.2, 0.25) is 10.0 Å². The summed E-state index contributed by atoms with van der Waals surface area (Å²) in [6.45, 7) is 6.72. The van der Waals surface area contributed by atoms with Gasteiger partial charge in [0.25, 0.3) is 5.91 Å². The Hall–Kier alpha value is -2.71. The minimum Gasteiger partial charge on any atom is -0.352 e. The minimum absolute atomic E-state index is 0.130. The molecule has 29 heavy (non-hydrogen) atoms. The Kier molecular flexibility index (Phi) is 6.04. The second-order valence-electron chi connectivity index (χ2n) is 7.03. The lowest BCUT2D eigenvalue weighted by Crippen LogP contribution is -2.26. The van der Waals surface area contributed by atoms with Crippen LogP contribution in [0.2, 0.25) is 0 Å². The van der Waals surface area contributed by atoms with Crippen molar-refractivity contribution in [2.75, 3.05) is 13.6 Å². The first-order valence-electron chi connectivity index (χ1n) is 9.49. The smallest absolute Gasteiger partial charge is 0.251 e. The Morgan fingerprint density at radius 1 is 1.14 bits per heavy atom. The van der Waals surface area contributed by atoms with Crippen LogP contribution in [0, 0.1) is 20.8 Å². The molecular formula is C21H26N4O3S. The van der Waals surface area contributed by atoms with E-state index in [2.05, 4.69) is 19.6 Å². The fraction of sp³-hybridized carbons (Fsp3) is 0.333. The van der Waals surface area contributed by atoms with Crippen LogP contribution >= 0.6 is 0 Å². The number of hydrogen-bond donors (Lipinski definition) is 2. The SMILES string of the molecule is CNS(=O)(=O)c1cc(C(=O)NCCCn2c(C)nc3ccccc32)cc(C)c1C. The van der Waals surface area contributed by atoms with Crippen LogP contribution < -0.4 is 10.0 Å². The van der Waals surface area contributed by atoms with Crippen molar-refractivity contribution in [3.63, 3.8) is 0 Å². The Bertz CT molecular complexity index is 1170. The van der Waals surface area contributed by atoms with E-state index in [1.54, 1.807) is 19.9 Å². The average molecular weight is 415 g/mol. The van der Waals surface area contributed by atoms with Gasteiger partial charge in [-0.2, -0.15) is 0 Å². The van der Waals surface area contributed by atoms with Gasteiger partial charge < -0.3 is 9.88 Å². The van der Waals surface area contributed by atoms with Gasteiger partial charge in [0, 0.05) is 18.7 Å². The first kappa shape index (κ1) is 21.0. The topological polar surface area (TPSA) is 93.1 Å². The Balaban J connectivity index is 1.68. The van der Waals surface area contributed by atoms with Crippen LogP contribution in [0.25, 0.3) is 11.0 Å². The number of fused-ring (bicyclic) bond motifs is 1. The van der Waals surface area contributed by atoms with E-state index >= 15 is 0 Å². The lowest BCUT2D eigenvalue weighted by molar-refractivity contribution is 0.0952. The maximum Gasteiger partial charge on any atom is 0.251 e. The molecule has 1 aromatic heterocycles. The molecule has 0 radical (unpaired) electrons. The third-order valence-electron chi connectivity index (χ3n) is 5.13. The van der Waals surface area contributed by atoms with Crippen LogP contribution in [0.3, 0.4) is 0 Å². The zero-order valence-electron chi connectivity index (χ0n) is 17.1. The molecule has 0 saturated carbocycles. The largest absolute Gasteiger partial charge is 0.352 e. The highest BCUT2D eigenvalue weighted by molar-refractivity contribution is 7.89. The zero-order valence-corrected chi connectivity index (χ0v) is 17.9. The summed E-state index contributed by atoms with van der Waals surface area (Å²) in [7, 11) is -2.27. The highest BCUT2D eigenvalue weighted by Crippen LogP contribution is 2.21. The fourth-order valence-electron chi connectivity index (χ4n) is 3.37. The molecule has 3 rings (SSSR count). The van der Waals surface area contributed by atoms with Crippen LogP contribution in [0.1, 0.15) is 33.7 Å². The number of para-hydroxylation sites is 2. The van der Waals surface area contributed by atoms with E-state index in [1.165, 1.54) is 13.1 Å². The van der Waals surface area contributed by atoms with E-state index in [0.717, 1.165) is 35.4 Å². The molecule has 0 spiro atoms. The highest BCUT2D eigenvalue weighted by atomic mass is 32.2. The van der Waals surface area contributed by atoms with Crippen molar-refractivity contribution in [2.24, 2.45) is 0 Å². The van der Waals surface area contributed by atoms with Crippen LogP contribution in [0.5, 0.6) is 0 Å². The number of aryl methyl sites for hydroxylation is 3. The van der Waals surface area contributed by atoms with Gasteiger partial charge in [0.05, 0.1) is 15.9 Å². The molecule has 3 aromatic rings. The van der Waals surface area contributed by atoms with E-state index in [0.29, 0.717) is 17.7 Å². The number of sulfonamides is 1. The van der Waals surface area contributed by atoms with E-state index in [9.17, 15) is 13.2 Å². The summed E-state index contributed by atoms with van der Waals surface area (Å²) in [4.78, 5) is 17.2. The second-order valence-corrected chi connectivity index (χ2v) is 8.89. The van der Waals surface area contributed by atoms with Crippen LogP contribution in [0.4, 0.5) is 0 Å². The number of carbonyl (C=O) groups excluding carboxylic acids is 1. The summed E-state index contributed by atoms with van der Waals surface area (Å²) < 4.78 is 28.9. The minimum atomic E-state index is -3.63. The maximum atomic E-state index is 12.6. The standard InChI is InChI=1S/C21H26N4O3S/c1-14-12-17(13-20(15(14)2)29(27,28)22-4)21(26)23-10-7-11-25-16(3)24-18-8-5-6-9-19(18)25/h5-6,8-9,12-13,22H,7,10-11H2,1-4H3,(H,23,26). The molecular weight excluding hydrogens is 388 g/mol. The van der Waals surface area contributed by atoms with E-state index in [4.69, 9.17) is 0 Å². The van der Waals surface area contributed by atoms with Gasteiger partial charge in [-0.1, -0.05) is 12.1 Å². The predicted octanol–water partition coefficient (Wildman–Crippen LogP) is 2.69. The quantitative estimate of drug-likeness (QED) is 0.582. The number of nitrogens with one attached hydrogen (secondary N) is 2. The lowest BCUT2D eigenvalue weighted by Gasteiger charge is -2.13. The monoisotopic (exact) mass is 414 g/mol. The summed E-state index contributed by atoms with van der Waals surface area (Å²) in [5.74, 6) is 0.654. The molecule has 1 heterocycles. The summed E-state index contributed by atoms with van der Waals surface area (Å²) >= 11 is 0. The van der Waals surface area contributed by atoms with Gasteiger partial charge in [-0.25, -0.2) is 18.1 Å². The van der Waals surface area contributed by atoms with Gasteiger partial charge in [-0.05, 0) is 69.6 Å². The van der Waals surface area contributed by atoms with Crippen molar-refractivity contribution in [3.8, 4) is 0 Å². The zero-order chi connectivity index (χ0) is 21.2. The molecule has 0 bridgehead atoms. The normalized spacial score (nSPS) is 11.7. The van der Waals surface area contributed by atoms with E-state index < -0.39 is 10.0 Å². The van der Waals surface area contributed by atoms with Gasteiger partial charge in [-0.3, -0.25) is 4.79 Å². The van der Waals surface area contributed by atoms with Gasteiger partial charge in [0.1, 0.15) is 5.82 Å². The predicted molar refractivity (Wildman–Crippen MR) is 114 cm³/mol. The molecule has 0 unspecified atom stereocenters. The Morgan fingerprint density at radius 2 is 1.86 bits per heavy atom. The number of nitrogens with zero attached hydrogens (tertiary/aromatic N) is 2. The van der Waals surface area contributed by atoms with Crippen LogP contribution in [-0.2, 0) is 16.6 Å². The van der Waals surface area contributed by atoms with Gasteiger partial charge >= 0.3 is 0 Å². The van der Waals surface area contributed by atoms with Crippen LogP contribution in [0.15, 0.2) is 41.3 Å². The summed E-state index contributed by atoms with van der Waals surface area (Å²) in [6.07, 6.45) is 0.736. The Morgan fingerprint density at radius 3 is 2.59 bits per heavy atom. The molecule has 1 amide bonds. The van der Waals surface area contributed by atoms with Crippen molar-refractivity contribution in [1.29, 1.82) is 0 Å². The molecule has 0 atom stereocenters. The van der Waals surface area contributed by atoms with Crippen molar-refractivity contribution < 1.29 is 13.2 Å². The third-order valence-corrected chi connectivity index (χ3v) is 6.67. The van der Waals surface area contributed by atoms with Crippen molar-refractivity contribution in [3.05, 3.63) is 58.9 Å². The summed E-state index contributed by atoms with van der Waals surface area (Å²) in [5, 5.41) is 2.88. The molecule has 0 aliphatic carbocycles. The number of rotatable bonds is 7. The molecule has 8 heteroatoms. The van der Waals surface area contributed by atoms with Crippen LogP contribution in [-0.4, -0.2) is 37.5 Å². The molecule has 2 aromatic carbocycles. The molecule has 2 N–H and O–H groups in total. The highest BCUT2D eigenvalue weighted by Gasteiger charge is 2.19. The number of imidazole rings is 1. The molecule has 0 fully saturated rings. The first-order chi connectivity index (χ1) is 13.7. The lowest BCUT2D eigenvalue weighted by atomic mass is 10.1. The number of hydrogen-bond acceptors (Lipinski definition) is 4. The molecule has 0 aliphatic rings. The molecule has 0 saturated heterocycles. The third kappa shape index (κ3) is 4.33. The molecule has 0 aliphatic heterocycles. The molecule has 154 valence electrons. The summed E-state index contributed by atoms with van der Waals surface area (Å²) in [5.41, 5.74) is 3.77. The number of aromatic nitrogens is 2. The van der Waals surface area contributed by atoms with Crippen molar-refractivity contribution in [2.45, 2.75) is 38.6 Å². The fourth-order valence-corrected chi connectivity index (χ4v) is 4.43. The summed E-state index contributed by atoms with van der Waals surface area (Å²) in [6, 6.07) is 11.1.